The molecule has 12 aromatic rings. The lowest BCUT2D eigenvalue weighted by Crippen LogP contribution is -1.94. The van der Waals surface area contributed by atoms with Gasteiger partial charge in [0.25, 0.3) is 0 Å². The molecule has 0 aliphatic carbocycles. The van der Waals surface area contributed by atoms with Crippen LogP contribution < -0.4 is 0 Å². The number of pyridine rings is 6. The summed E-state index contributed by atoms with van der Waals surface area (Å²) in [5.74, 6) is 2.99. The molecule has 0 N–H and O–H groups in total. The maximum Gasteiger partial charge on any atom is 0.0994 e. The van der Waals surface area contributed by atoms with Gasteiger partial charge in [0.1, 0.15) is 0 Å². The second-order valence-corrected chi connectivity index (χ2v) is 21.9. The van der Waals surface area contributed by atoms with Gasteiger partial charge < -0.3 is 8.80 Å². The zero-order valence-electron chi connectivity index (χ0n) is 44.9. The number of aromatic nitrogens is 10. The largest absolute Gasteiger partial charge is 0.321 e. The second-order valence-electron chi connectivity index (χ2n) is 20.0. The average Bonchev–Trinajstić information content (AvgIpc) is 4.27. The molecule has 0 atom stereocenters. The van der Waals surface area contributed by atoms with Crippen LogP contribution >= 0.6 is 22.7 Å². The lowest BCUT2D eigenvalue weighted by atomic mass is 10.1. The Morgan fingerprint density at radius 2 is 0.905 bits per heavy atom. The van der Waals surface area contributed by atoms with Gasteiger partial charge in [0.15, 0.2) is 0 Å². The summed E-state index contributed by atoms with van der Waals surface area (Å²) in [7, 11) is 0. The van der Waals surface area contributed by atoms with E-state index in [1.54, 1.807) is 28.9 Å². The molecule has 0 aliphatic rings. The molecular weight excluding hydrogens is 949 g/mol. The van der Waals surface area contributed by atoms with Gasteiger partial charge in [0.2, 0.25) is 0 Å². The monoisotopic (exact) mass is 1020 g/mol. The van der Waals surface area contributed by atoms with Crippen molar-refractivity contribution in [1.29, 1.82) is 0 Å². The molecule has 0 unspecified atom stereocenters. The van der Waals surface area contributed by atoms with Crippen LogP contribution in [-0.4, -0.2) is 48.7 Å². The lowest BCUT2D eigenvalue weighted by molar-refractivity contribution is 0.809. The van der Waals surface area contributed by atoms with Gasteiger partial charge in [-0.05, 0) is 137 Å². The van der Waals surface area contributed by atoms with Crippen molar-refractivity contribution < 1.29 is 0 Å². The third-order valence-corrected chi connectivity index (χ3v) is 13.9. The molecule has 12 aromatic heterocycles. The Morgan fingerprint density at radius 1 is 0.365 bits per heavy atom. The summed E-state index contributed by atoms with van der Waals surface area (Å²) >= 11 is 3.52. The minimum absolute atomic E-state index is 0.464. The number of nitrogens with zero attached hydrogens (tertiary/aromatic N) is 10. The van der Waals surface area contributed by atoms with Crippen molar-refractivity contribution in [2.24, 2.45) is 0 Å². The smallest absolute Gasteiger partial charge is 0.0994 e. The van der Waals surface area contributed by atoms with Gasteiger partial charge >= 0.3 is 0 Å². The van der Waals surface area contributed by atoms with Gasteiger partial charge in [-0.1, -0.05) is 83.1 Å². The van der Waals surface area contributed by atoms with E-state index in [4.69, 9.17) is 0 Å². The van der Waals surface area contributed by atoms with Crippen LogP contribution in [0.2, 0.25) is 0 Å². The van der Waals surface area contributed by atoms with E-state index in [1.165, 1.54) is 42.5 Å². The van der Waals surface area contributed by atoms with Gasteiger partial charge in [0.05, 0.1) is 34.0 Å². The molecular formula is C62H70N10S2. The van der Waals surface area contributed by atoms with Gasteiger partial charge in [-0.25, -0.2) is 4.98 Å². The molecule has 0 aliphatic heterocycles. The molecule has 0 spiro atoms. The minimum atomic E-state index is 0.464. The molecule has 0 bridgehead atoms. The maximum absolute atomic E-state index is 4.39. The molecule has 0 aromatic carbocycles. The third kappa shape index (κ3) is 14.9. The van der Waals surface area contributed by atoms with Crippen molar-refractivity contribution in [2.45, 2.75) is 119 Å². The number of rotatable bonds is 6. The SMILES string of the molecule is CC(C)c1cc2cccn2cn1.CC(C)c1cc2ccsc2cn1.CC(C)c1cc2cnccc2cn1.CC(C)c1cc2ncccc2cn1.CC(C)c1cc2sccc2cn1.CC(C)c1cn2cccc2cn1. The fourth-order valence-electron chi connectivity index (χ4n) is 7.51. The highest BCUT2D eigenvalue weighted by molar-refractivity contribution is 7.17. The van der Waals surface area contributed by atoms with Crippen molar-refractivity contribution in [3.05, 3.63) is 204 Å². The summed E-state index contributed by atoms with van der Waals surface area (Å²) < 4.78 is 6.74. The molecule has 0 fully saturated rings. The van der Waals surface area contributed by atoms with Gasteiger partial charge in [0, 0.05) is 122 Å². The van der Waals surface area contributed by atoms with Crippen molar-refractivity contribution in [1.82, 2.24) is 48.7 Å². The summed E-state index contributed by atoms with van der Waals surface area (Å²) in [6.07, 6.45) is 23.1. The zero-order chi connectivity index (χ0) is 52.7. The first-order chi connectivity index (χ1) is 35.6. The van der Waals surface area contributed by atoms with E-state index in [1.807, 2.05) is 96.8 Å². The average molecular weight is 1020 g/mol. The van der Waals surface area contributed by atoms with Crippen LogP contribution in [0, 0.1) is 0 Å². The van der Waals surface area contributed by atoms with E-state index < -0.39 is 0 Å². The first-order valence-electron chi connectivity index (χ1n) is 25.5. The van der Waals surface area contributed by atoms with Gasteiger partial charge in [-0.15, -0.1) is 22.7 Å². The molecule has 12 rings (SSSR count). The maximum atomic E-state index is 4.39. The number of fused-ring (bicyclic) bond motifs is 6. The highest BCUT2D eigenvalue weighted by Gasteiger charge is 2.06. The fraction of sp³-hybridized carbons (Fsp3) is 0.290. The van der Waals surface area contributed by atoms with E-state index in [2.05, 4.69) is 199 Å². The molecule has 12 heteroatoms. The Morgan fingerprint density at radius 3 is 1.59 bits per heavy atom. The quantitative estimate of drug-likeness (QED) is 0.162. The number of hydrogen-bond acceptors (Lipinski definition) is 10. The molecule has 380 valence electrons. The highest BCUT2D eigenvalue weighted by Crippen LogP contribution is 2.25. The predicted octanol–water partition coefficient (Wildman–Crippen LogP) is 17.3. The van der Waals surface area contributed by atoms with Crippen LogP contribution in [0.15, 0.2) is 170 Å². The van der Waals surface area contributed by atoms with E-state index >= 15 is 0 Å². The van der Waals surface area contributed by atoms with Crippen LogP contribution in [0.25, 0.3) is 52.9 Å². The first kappa shape index (κ1) is 54.5. The molecule has 0 amide bonds. The topological polar surface area (TPSA) is 112 Å². The van der Waals surface area contributed by atoms with E-state index in [0.717, 1.165) is 44.6 Å². The summed E-state index contributed by atoms with van der Waals surface area (Å²) in [4.78, 5) is 34.6. The molecule has 0 radical (unpaired) electrons. The van der Waals surface area contributed by atoms with Crippen LogP contribution in [0.4, 0.5) is 0 Å². The first-order valence-corrected chi connectivity index (χ1v) is 27.3. The van der Waals surface area contributed by atoms with E-state index in [-0.39, 0.29) is 0 Å². The Hall–Kier alpha value is -7.28. The van der Waals surface area contributed by atoms with E-state index in [9.17, 15) is 0 Å². The molecule has 0 saturated heterocycles. The summed E-state index contributed by atoms with van der Waals surface area (Å²) in [5, 5.41) is 10.2. The second kappa shape index (κ2) is 26.1. The van der Waals surface area contributed by atoms with Gasteiger partial charge in [-0.2, -0.15) is 0 Å². The predicted molar refractivity (Wildman–Crippen MR) is 313 cm³/mol. The normalized spacial score (nSPS) is 11.2. The zero-order valence-corrected chi connectivity index (χ0v) is 46.6. The summed E-state index contributed by atoms with van der Waals surface area (Å²) in [6.45, 7) is 25.8. The Labute approximate surface area is 444 Å². The van der Waals surface area contributed by atoms with Crippen molar-refractivity contribution in [3.8, 4) is 0 Å². The van der Waals surface area contributed by atoms with Crippen molar-refractivity contribution >= 4 is 75.6 Å². The van der Waals surface area contributed by atoms with Crippen molar-refractivity contribution in [3.63, 3.8) is 0 Å². The molecule has 12 heterocycles. The molecule has 0 saturated carbocycles. The molecule has 10 nitrogen and oxygen atoms in total. The summed E-state index contributed by atoms with van der Waals surface area (Å²) in [5.41, 5.74) is 10.3. The fourth-order valence-corrected chi connectivity index (χ4v) is 9.06. The highest BCUT2D eigenvalue weighted by atomic mass is 32.1. The Balaban J connectivity index is 0.000000130. The number of hydrogen-bond donors (Lipinski definition) is 0. The van der Waals surface area contributed by atoms with E-state index in [0.29, 0.717) is 35.5 Å². The Kier molecular flexibility index (Phi) is 19.2. The standard InChI is InChI=1S/2C11H12N2.2C10H12N2.2C10H11NS/c1-8(2)11-5-10-6-12-4-3-9(10)7-13-11;1-8(2)10-6-11-9(7-13-10)4-3-5-12-11;1-8(2)10-7-12-5-3-4-9(12)6-11-10;1-8(2)10-6-9-4-3-5-12(9)7-11-10;1-7(2)9-5-10-8(6-11-9)3-4-12-10;1-7(2)9-5-8-3-4-12-10(8)6-11-9/h2*3-8H,1-2H3;2*3-8H,1-2H3;2*3-7H,1-2H3. The van der Waals surface area contributed by atoms with Crippen molar-refractivity contribution in [2.75, 3.05) is 0 Å². The van der Waals surface area contributed by atoms with Crippen LogP contribution in [0.3, 0.4) is 0 Å². The summed E-state index contributed by atoms with van der Waals surface area (Å²) in [6, 6.07) is 29.0. The van der Waals surface area contributed by atoms with Gasteiger partial charge in [-0.3, -0.25) is 34.9 Å². The lowest BCUT2D eigenvalue weighted by Gasteiger charge is -2.04. The Bertz CT molecular complexity index is 3240. The van der Waals surface area contributed by atoms with Crippen LogP contribution in [-0.2, 0) is 0 Å². The molecule has 74 heavy (non-hydrogen) atoms. The number of thiophene rings is 2. The third-order valence-electron chi connectivity index (χ3n) is 12.2. The minimum Gasteiger partial charge on any atom is -0.321 e. The van der Waals surface area contributed by atoms with Crippen LogP contribution in [0.5, 0.6) is 0 Å². The van der Waals surface area contributed by atoms with Crippen LogP contribution in [0.1, 0.15) is 153 Å².